The highest BCUT2D eigenvalue weighted by atomic mass is 35.5. The van der Waals surface area contributed by atoms with Gasteiger partial charge >= 0.3 is 0 Å². The standard InChI is InChI=1S/C17H17ClN2O3/c1-3-23-15-9-4-12(10-16(15)22-2)11-19-20-17(21)13-5-7-14(18)8-6-13/h4-11H,3H2,1-2H3,(H,20,21)/b19-11-. The van der Waals surface area contributed by atoms with E-state index in [0.717, 1.165) is 5.56 Å². The molecule has 0 radical (unpaired) electrons. The molecule has 0 atom stereocenters. The van der Waals surface area contributed by atoms with Crippen molar-refractivity contribution in [3.05, 3.63) is 58.6 Å². The number of methoxy groups -OCH3 is 1. The first-order chi connectivity index (χ1) is 11.1. The average Bonchev–Trinajstić information content (AvgIpc) is 2.56. The van der Waals surface area contributed by atoms with E-state index in [1.165, 1.54) is 6.21 Å². The van der Waals surface area contributed by atoms with Crippen LogP contribution < -0.4 is 14.9 Å². The zero-order valence-electron chi connectivity index (χ0n) is 12.9. The summed E-state index contributed by atoms with van der Waals surface area (Å²) >= 11 is 5.78. The molecule has 0 saturated heterocycles. The van der Waals surface area contributed by atoms with Crippen LogP contribution in [0.5, 0.6) is 11.5 Å². The van der Waals surface area contributed by atoms with Crippen molar-refractivity contribution < 1.29 is 14.3 Å². The van der Waals surface area contributed by atoms with Gasteiger partial charge in [0.15, 0.2) is 11.5 Å². The van der Waals surface area contributed by atoms with Crippen molar-refractivity contribution in [1.82, 2.24) is 5.43 Å². The summed E-state index contributed by atoms with van der Waals surface area (Å²) in [6.07, 6.45) is 1.53. The molecule has 0 heterocycles. The van der Waals surface area contributed by atoms with E-state index in [-0.39, 0.29) is 5.91 Å². The second-order valence-corrected chi connectivity index (χ2v) is 4.99. The fourth-order valence-corrected chi connectivity index (χ4v) is 2.00. The highest BCUT2D eigenvalue weighted by Gasteiger charge is 2.05. The summed E-state index contributed by atoms with van der Waals surface area (Å²) in [5.41, 5.74) is 3.72. The lowest BCUT2D eigenvalue weighted by Gasteiger charge is -2.09. The molecule has 0 aromatic heterocycles. The first-order valence-electron chi connectivity index (χ1n) is 7.04. The number of rotatable bonds is 6. The lowest BCUT2D eigenvalue weighted by Crippen LogP contribution is -2.17. The van der Waals surface area contributed by atoms with Gasteiger partial charge in [0.25, 0.3) is 5.91 Å². The quantitative estimate of drug-likeness (QED) is 0.650. The maximum atomic E-state index is 11.9. The van der Waals surface area contributed by atoms with Crippen LogP contribution >= 0.6 is 11.6 Å². The summed E-state index contributed by atoms with van der Waals surface area (Å²) in [7, 11) is 1.57. The van der Waals surface area contributed by atoms with Crippen molar-refractivity contribution in [2.45, 2.75) is 6.92 Å². The van der Waals surface area contributed by atoms with Crippen LogP contribution in [0.25, 0.3) is 0 Å². The predicted octanol–water partition coefficient (Wildman–Crippen LogP) is 3.51. The Balaban J connectivity index is 2.02. The fraction of sp³-hybridized carbons (Fsp3) is 0.176. The average molecular weight is 333 g/mol. The number of hydrazone groups is 1. The van der Waals surface area contributed by atoms with E-state index in [2.05, 4.69) is 10.5 Å². The minimum atomic E-state index is -0.309. The smallest absolute Gasteiger partial charge is 0.271 e. The Bertz CT molecular complexity index is 699. The summed E-state index contributed by atoms with van der Waals surface area (Å²) in [5.74, 6) is 0.966. The molecule has 0 spiro atoms. The summed E-state index contributed by atoms with van der Waals surface area (Å²) in [6, 6.07) is 12.0. The highest BCUT2D eigenvalue weighted by Crippen LogP contribution is 2.27. The summed E-state index contributed by atoms with van der Waals surface area (Å²) in [6.45, 7) is 2.46. The third-order valence-electron chi connectivity index (χ3n) is 2.97. The summed E-state index contributed by atoms with van der Waals surface area (Å²) in [4.78, 5) is 11.9. The van der Waals surface area contributed by atoms with Crippen molar-refractivity contribution in [2.75, 3.05) is 13.7 Å². The minimum Gasteiger partial charge on any atom is -0.493 e. The van der Waals surface area contributed by atoms with Gasteiger partial charge in [-0.2, -0.15) is 5.10 Å². The minimum absolute atomic E-state index is 0.309. The second kappa shape index (κ2) is 8.19. The molecule has 0 aliphatic heterocycles. The summed E-state index contributed by atoms with van der Waals surface area (Å²) in [5, 5.41) is 4.51. The number of hydrogen-bond donors (Lipinski definition) is 1. The molecule has 2 rings (SSSR count). The zero-order valence-corrected chi connectivity index (χ0v) is 13.6. The monoisotopic (exact) mass is 332 g/mol. The number of nitrogens with zero attached hydrogens (tertiary/aromatic N) is 1. The van der Waals surface area contributed by atoms with Gasteiger partial charge in [0, 0.05) is 10.6 Å². The number of hydrogen-bond acceptors (Lipinski definition) is 4. The Hall–Kier alpha value is -2.53. The van der Waals surface area contributed by atoms with Gasteiger partial charge in [0.1, 0.15) is 0 Å². The van der Waals surface area contributed by atoms with E-state index >= 15 is 0 Å². The fourth-order valence-electron chi connectivity index (χ4n) is 1.87. The summed E-state index contributed by atoms with van der Waals surface area (Å²) < 4.78 is 10.7. The Morgan fingerprint density at radius 1 is 1.22 bits per heavy atom. The van der Waals surface area contributed by atoms with E-state index in [1.54, 1.807) is 43.5 Å². The molecule has 0 unspecified atom stereocenters. The Labute approximate surface area is 139 Å². The third-order valence-corrected chi connectivity index (χ3v) is 3.23. The van der Waals surface area contributed by atoms with E-state index in [4.69, 9.17) is 21.1 Å². The molecule has 120 valence electrons. The molecule has 0 saturated carbocycles. The van der Waals surface area contributed by atoms with E-state index in [9.17, 15) is 4.79 Å². The number of amides is 1. The molecule has 0 fully saturated rings. The topological polar surface area (TPSA) is 59.9 Å². The van der Waals surface area contributed by atoms with Crippen LogP contribution in [0.4, 0.5) is 0 Å². The third kappa shape index (κ3) is 4.72. The number of halogens is 1. The maximum absolute atomic E-state index is 11.9. The van der Waals surface area contributed by atoms with Gasteiger partial charge in [0.2, 0.25) is 0 Å². The van der Waals surface area contributed by atoms with Crippen LogP contribution in [0.1, 0.15) is 22.8 Å². The van der Waals surface area contributed by atoms with Gasteiger partial charge in [-0.15, -0.1) is 0 Å². The lowest BCUT2D eigenvalue weighted by atomic mass is 10.2. The molecule has 2 aromatic rings. The number of ether oxygens (including phenoxy) is 2. The molecule has 23 heavy (non-hydrogen) atoms. The van der Waals surface area contributed by atoms with Gasteiger partial charge in [-0.25, -0.2) is 5.43 Å². The van der Waals surface area contributed by atoms with Crippen molar-refractivity contribution >= 4 is 23.7 Å². The maximum Gasteiger partial charge on any atom is 0.271 e. The van der Waals surface area contributed by atoms with Gasteiger partial charge in [-0.3, -0.25) is 4.79 Å². The number of nitrogens with one attached hydrogen (secondary N) is 1. The Morgan fingerprint density at radius 3 is 2.61 bits per heavy atom. The van der Waals surface area contributed by atoms with Gasteiger partial charge in [-0.1, -0.05) is 11.6 Å². The van der Waals surface area contributed by atoms with Crippen LogP contribution in [0.15, 0.2) is 47.6 Å². The van der Waals surface area contributed by atoms with E-state index < -0.39 is 0 Å². The molecule has 1 amide bonds. The van der Waals surface area contributed by atoms with Gasteiger partial charge < -0.3 is 9.47 Å². The normalized spacial score (nSPS) is 10.6. The lowest BCUT2D eigenvalue weighted by molar-refractivity contribution is 0.0955. The highest BCUT2D eigenvalue weighted by molar-refractivity contribution is 6.30. The first-order valence-corrected chi connectivity index (χ1v) is 7.41. The molecule has 2 aromatic carbocycles. The first kappa shape index (κ1) is 16.8. The van der Waals surface area contributed by atoms with Crippen LogP contribution in [-0.2, 0) is 0 Å². The molecule has 6 heteroatoms. The predicted molar refractivity (Wildman–Crippen MR) is 90.7 cm³/mol. The van der Waals surface area contributed by atoms with Crippen molar-refractivity contribution in [2.24, 2.45) is 5.10 Å². The SMILES string of the molecule is CCOc1ccc(/C=N\NC(=O)c2ccc(Cl)cc2)cc1OC. The Morgan fingerprint density at radius 2 is 1.96 bits per heavy atom. The second-order valence-electron chi connectivity index (χ2n) is 4.55. The van der Waals surface area contributed by atoms with Crippen LogP contribution in [0, 0.1) is 0 Å². The van der Waals surface area contributed by atoms with Crippen LogP contribution in [-0.4, -0.2) is 25.8 Å². The van der Waals surface area contributed by atoms with Crippen molar-refractivity contribution in [1.29, 1.82) is 0 Å². The van der Waals surface area contributed by atoms with Crippen LogP contribution in [0.2, 0.25) is 5.02 Å². The number of carbonyl (C=O) groups is 1. The van der Waals surface area contributed by atoms with E-state index in [0.29, 0.717) is 28.7 Å². The largest absolute Gasteiger partial charge is 0.493 e. The molecule has 5 nitrogen and oxygen atoms in total. The zero-order chi connectivity index (χ0) is 16.7. The van der Waals surface area contributed by atoms with Gasteiger partial charge in [0.05, 0.1) is 19.9 Å². The number of benzene rings is 2. The molecule has 0 bridgehead atoms. The molecule has 0 aliphatic carbocycles. The number of carbonyl (C=O) groups excluding carboxylic acids is 1. The Kier molecular flexibility index (Phi) is 6.00. The van der Waals surface area contributed by atoms with Crippen molar-refractivity contribution in [3.63, 3.8) is 0 Å². The van der Waals surface area contributed by atoms with E-state index in [1.807, 2.05) is 13.0 Å². The van der Waals surface area contributed by atoms with Crippen molar-refractivity contribution in [3.8, 4) is 11.5 Å². The molecule has 1 N–H and O–H groups in total. The van der Waals surface area contributed by atoms with Gasteiger partial charge in [-0.05, 0) is 55.0 Å². The molecule has 0 aliphatic rings. The molecular weight excluding hydrogens is 316 g/mol. The molecular formula is C17H17ClN2O3. The van der Waals surface area contributed by atoms with Crippen LogP contribution in [0.3, 0.4) is 0 Å².